The predicted octanol–water partition coefficient (Wildman–Crippen LogP) is 6.05. The second kappa shape index (κ2) is 7.24. The summed E-state index contributed by atoms with van der Waals surface area (Å²) < 4.78 is 18.1. The van der Waals surface area contributed by atoms with Gasteiger partial charge in [-0.3, -0.25) is 0 Å². The van der Waals surface area contributed by atoms with Crippen molar-refractivity contribution in [2.75, 3.05) is 13.7 Å². The summed E-state index contributed by atoms with van der Waals surface area (Å²) >= 11 is 0. The number of benzene rings is 4. The third-order valence-corrected chi connectivity index (χ3v) is 6.59. The largest absolute Gasteiger partial charge is 0.497 e. The summed E-state index contributed by atoms with van der Waals surface area (Å²) in [6.07, 6.45) is 2.12. The monoisotopic (exact) mass is 434 g/mol. The van der Waals surface area contributed by atoms with Gasteiger partial charge in [0.15, 0.2) is 5.60 Å². The second-order valence-corrected chi connectivity index (χ2v) is 8.48. The van der Waals surface area contributed by atoms with Gasteiger partial charge in [0.05, 0.1) is 12.7 Å². The summed E-state index contributed by atoms with van der Waals surface area (Å²) in [7, 11) is 1.65. The molecular weight excluding hydrogens is 412 g/mol. The van der Waals surface area contributed by atoms with Crippen LogP contribution in [0.5, 0.6) is 11.5 Å². The van der Waals surface area contributed by atoms with Gasteiger partial charge >= 0.3 is 5.97 Å². The number of fused-ring (bicyclic) bond motifs is 2. The fourth-order valence-corrected chi connectivity index (χ4v) is 5.00. The maximum absolute atomic E-state index is 12.7. The highest BCUT2D eigenvalue weighted by atomic mass is 16.5. The number of carbonyl (C=O) groups is 1. The molecular formula is C29H22O4. The van der Waals surface area contributed by atoms with E-state index >= 15 is 0 Å². The average Bonchev–Trinajstić information content (AvgIpc) is 2.86. The van der Waals surface area contributed by atoms with Crippen molar-refractivity contribution in [2.45, 2.75) is 12.5 Å². The summed E-state index contributed by atoms with van der Waals surface area (Å²) in [4.78, 5) is 12.7. The molecule has 0 aliphatic carbocycles. The SMILES string of the molecule is COc1ccc2cc3c4c(c2c1)OC(c1ccccc1)(c1ccccc1C)C=C4COC3=O. The molecule has 0 fully saturated rings. The zero-order valence-corrected chi connectivity index (χ0v) is 18.4. The van der Waals surface area contributed by atoms with Crippen molar-refractivity contribution in [1.29, 1.82) is 0 Å². The van der Waals surface area contributed by atoms with E-state index in [-0.39, 0.29) is 12.6 Å². The van der Waals surface area contributed by atoms with Gasteiger partial charge in [-0.25, -0.2) is 4.79 Å². The molecule has 0 saturated carbocycles. The molecule has 0 spiro atoms. The fraction of sp³-hybridized carbons (Fsp3) is 0.138. The highest BCUT2D eigenvalue weighted by Crippen LogP contribution is 2.51. The maximum atomic E-state index is 12.7. The van der Waals surface area contributed by atoms with Crippen molar-refractivity contribution in [3.05, 3.63) is 113 Å². The van der Waals surface area contributed by atoms with E-state index in [0.29, 0.717) is 11.3 Å². The number of aryl methyl sites for hydroxylation is 1. The lowest BCUT2D eigenvalue weighted by Crippen LogP contribution is -2.38. The lowest BCUT2D eigenvalue weighted by Gasteiger charge is -2.40. The van der Waals surface area contributed by atoms with Crippen LogP contribution >= 0.6 is 0 Å². The molecule has 2 aliphatic rings. The van der Waals surface area contributed by atoms with Gasteiger partial charge < -0.3 is 14.2 Å². The first-order chi connectivity index (χ1) is 16.1. The van der Waals surface area contributed by atoms with Crippen LogP contribution in [-0.4, -0.2) is 19.7 Å². The van der Waals surface area contributed by atoms with Gasteiger partial charge in [-0.1, -0.05) is 60.7 Å². The molecule has 4 heteroatoms. The number of hydrogen-bond acceptors (Lipinski definition) is 4. The predicted molar refractivity (Wildman–Crippen MR) is 128 cm³/mol. The summed E-state index contributed by atoms with van der Waals surface area (Å²) in [5.41, 5.74) is 4.60. The molecule has 1 atom stereocenters. The van der Waals surface area contributed by atoms with Crippen LogP contribution < -0.4 is 9.47 Å². The Morgan fingerprint density at radius 2 is 1.73 bits per heavy atom. The lowest BCUT2D eigenvalue weighted by atomic mass is 9.78. The molecule has 1 unspecified atom stereocenters. The Balaban J connectivity index is 1.73. The number of rotatable bonds is 3. The van der Waals surface area contributed by atoms with Crippen LogP contribution in [0.1, 0.15) is 32.6 Å². The zero-order valence-electron chi connectivity index (χ0n) is 18.4. The fourth-order valence-electron chi connectivity index (χ4n) is 5.00. The van der Waals surface area contributed by atoms with Gasteiger partial charge in [0.25, 0.3) is 0 Å². The van der Waals surface area contributed by atoms with Gasteiger partial charge in [0, 0.05) is 27.6 Å². The Kier molecular flexibility index (Phi) is 4.31. The van der Waals surface area contributed by atoms with Crippen LogP contribution in [0.3, 0.4) is 0 Å². The number of methoxy groups -OCH3 is 1. The van der Waals surface area contributed by atoms with Crippen LogP contribution in [0.2, 0.25) is 0 Å². The Labute approximate surface area is 192 Å². The first-order valence-corrected chi connectivity index (χ1v) is 11.0. The molecule has 4 aromatic rings. The number of cyclic esters (lactones) is 1. The van der Waals surface area contributed by atoms with E-state index in [0.717, 1.165) is 44.3 Å². The van der Waals surface area contributed by atoms with Crippen LogP contribution in [0, 0.1) is 6.92 Å². The average molecular weight is 434 g/mol. The Morgan fingerprint density at radius 1 is 0.939 bits per heavy atom. The van der Waals surface area contributed by atoms with Crippen molar-refractivity contribution in [3.63, 3.8) is 0 Å². The van der Waals surface area contributed by atoms with E-state index in [1.165, 1.54) is 0 Å². The third-order valence-electron chi connectivity index (χ3n) is 6.59. The molecule has 0 bridgehead atoms. The highest BCUT2D eigenvalue weighted by molar-refractivity contribution is 6.08. The minimum Gasteiger partial charge on any atom is -0.497 e. The topological polar surface area (TPSA) is 44.8 Å². The molecule has 162 valence electrons. The lowest BCUT2D eigenvalue weighted by molar-refractivity contribution is 0.0534. The molecule has 2 heterocycles. The van der Waals surface area contributed by atoms with Crippen LogP contribution in [0.25, 0.3) is 16.3 Å². The molecule has 4 aromatic carbocycles. The van der Waals surface area contributed by atoms with Gasteiger partial charge in [-0.05, 0) is 42.1 Å². The van der Waals surface area contributed by atoms with Gasteiger partial charge in [0.1, 0.15) is 18.1 Å². The molecule has 6 rings (SSSR count). The maximum Gasteiger partial charge on any atom is 0.339 e. The summed E-state index contributed by atoms with van der Waals surface area (Å²) in [5, 5.41) is 1.80. The van der Waals surface area contributed by atoms with Gasteiger partial charge in [-0.15, -0.1) is 0 Å². The van der Waals surface area contributed by atoms with Gasteiger partial charge in [0.2, 0.25) is 0 Å². The Hall–Kier alpha value is -4.05. The number of ether oxygens (including phenoxy) is 3. The quantitative estimate of drug-likeness (QED) is 0.369. The van der Waals surface area contributed by atoms with Crippen LogP contribution in [-0.2, 0) is 10.3 Å². The van der Waals surface area contributed by atoms with E-state index in [9.17, 15) is 4.79 Å². The van der Waals surface area contributed by atoms with E-state index in [1.807, 2.05) is 54.6 Å². The smallest absolute Gasteiger partial charge is 0.339 e. The van der Waals surface area contributed by atoms with Gasteiger partial charge in [-0.2, -0.15) is 0 Å². The summed E-state index contributed by atoms with van der Waals surface area (Å²) in [5.74, 6) is 1.09. The van der Waals surface area contributed by atoms with Crippen LogP contribution in [0.15, 0.2) is 84.9 Å². The van der Waals surface area contributed by atoms with Crippen molar-refractivity contribution in [1.82, 2.24) is 0 Å². The van der Waals surface area contributed by atoms with Crippen molar-refractivity contribution >= 4 is 22.3 Å². The van der Waals surface area contributed by atoms with E-state index < -0.39 is 5.60 Å². The first kappa shape index (κ1) is 19.6. The molecule has 33 heavy (non-hydrogen) atoms. The van der Waals surface area contributed by atoms with E-state index in [2.05, 4.69) is 37.3 Å². The second-order valence-electron chi connectivity index (χ2n) is 8.48. The molecule has 0 saturated heterocycles. The number of hydrogen-bond donors (Lipinski definition) is 0. The number of carbonyl (C=O) groups excluding carboxylic acids is 1. The minimum atomic E-state index is -0.868. The summed E-state index contributed by atoms with van der Waals surface area (Å²) in [6, 6.07) is 26.2. The van der Waals surface area contributed by atoms with E-state index in [1.54, 1.807) is 7.11 Å². The Bertz CT molecular complexity index is 1450. The third kappa shape index (κ3) is 2.87. The highest BCUT2D eigenvalue weighted by Gasteiger charge is 2.43. The molecule has 2 aliphatic heterocycles. The first-order valence-electron chi connectivity index (χ1n) is 11.0. The summed E-state index contributed by atoms with van der Waals surface area (Å²) in [6.45, 7) is 2.30. The molecule has 0 radical (unpaired) electrons. The molecule has 4 nitrogen and oxygen atoms in total. The van der Waals surface area contributed by atoms with Crippen molar-refractivity contribution < 1.29 is 19.0 Å². The standard InChI is InChI=1S/C29H22O4/c1-18-8-6-7-11-25(18)29(21-9-4-3-5-10-21)16-20-17-32-28(30)24-14-19-12-13-22(31-2)15-23(19)27(33-29)26(20)24/h3-16H,17H2,1-2H3. The van der Waals surface area contributed by atoms with Crippen LogP contribution in [0.4, 0.5) is 0 Å². The molecule has 0 amide bonds. The Morgan fingerprint density at radius 3 is 2.52 bits per heavy atom. The van der Waals surface area contributed by atoms with Crippen molar-refractivity contribution in [2.24, 2.45) is 0 Å². The van der Waals surface area contributed by atoms with E-state index in [4.69, 9.17) is 14.2 Å². The number of esters is 1. The van der Waals surface area contributed by atoms with Crippen molar-refractivity contribution in [3.8, 4) is 11.5 Å². The normalized spacial score (nSPS) is 18.7. The zero-order chi connectivity index (χ0) is 22.6. The molecule has 0 N–H and O–H groups in total. The minimum absolute atomic E-state index is 0.206. The molecule has 0 aromatic heterocycles.